The largest absolute Gasteiger partial charge is 0.330 e. The first-order valence-electron chi connectivity index (χ1n) is 4.67. The van der Waals surface area contributed by atoms with Gasteiger partial charge in [-0.25, -0.2) is 8.42 Å². The molecule has 2 unspecified atom stereocenters. The van der Waals surface area contributed by atoms with E-state index in [0.29, 0.717) is 24.0 Å². The number of rotatable bonds is 4. The van der Waals surface area contributed by atoms with Crippen LogP contribution < -0.4 is 11.1 Å². The van der Waals surface area contributed by atoms with Crippen LogP contribution in [-0.4, -0.2) is 39.1 Å². The average molecular weight is 206 g/mol. The summed E-state index contributed by atoms with van der Waals surface area (Å²) in [7, 11) is -2.74. The predicted molar refractivity (Wildman–Crippen MR) is 53.3 cm³/mol. The topological polar surface area (TPSA) is 72.2 Å². The Morgan fingerprint density at radius 3 is 2.77 bits per heavy atom. The van der Waals surface area contributed by atoms with Crippen molar-refractivity contribution in [1.82, 2.24) is 5.32 Å². The van der Waals surface area contributed by atoms with Crippen LogP contribution in [0.4, 0.5) is 0 Å². The zero-order valence-corrected chi connectivity index (χ0v) is 8.81. The van der Waals surface area contributed by atoms with Gasteiger partial charge in [-0.05, 0) is 25.4 Å². The second-order valence-electron chi connectivity index (χ2n) is 3.85. The van der Waals surface area contributed by atoms with Gasteiger partial charge < -0.3 is 11.1 Å². The van der Waals surface area contributed by atoms with E-state index in [2.05, 4.69) is 12.2 Å². The number of sulfone groups is 1. The molecular weight excluding hydrogens is 188 g/mol. The summed E-state index contributed by atoms with van der Waals surface area (Å²) in [5.74, 6) is 1.05. The van der Waals surface area contributed by atoms with Crippen LogP contribution in [-0.2, 0) is 9.84 Å². The van der Waals surface area contributed by atoms with Gasteiger partial charge >= 0.3 is 0 Å². The van der Waals surface area contributed by atoms with Gasteiger partial charge in [-0.1, -0.05) is 6.92 Å². The minimum Gasteiger partial charge on any atom is -0.330 e. The van der Waals surface area contributed by atoms with Gasteiger partial charge in [0.1, 0.15) is 0 Å². The number of nitrogens with one attached hydrogen (secondary N) is 1. The average Bonchev–Trinajstić information content (AvgIpc) is 2.41. The summed E-state index contributed by atoms with van der Waals surface area (Å²) < 4.78 is 22.2. The van der Waals surface area contributed by atoms with Gasteiger partial charge in [0.05, 0.1) is 11.5 Å². The highest BCUT2D eigenvalue weighted by atomic mass is 32.2. The Morgan fingerprint density at radius 1 is 1.62 bits per heavy atom. The molecule has 0 aromatic heterocycles. The van der Waals surface area contributed by atoms with E-state index >= 15 is 0 Å². The molecule has 0 spiro atoms. The smallest absolute Gasteiger partial charge is 0.151 e. The van der Waals surface area contributed by atoms with Crippen molar-refractivity contribution in [2.45, 2.75) is 19.4 Å². The van der Waals surface area contributed by atoms with E-state index in [4.69, 9.17) is 5.73 Å². The summed E-state index contributed by atoms with van der Waals surface area (Å²) in [6.07, 6.45) is 0.750. The van der Waals surface area contributed by atoms with Crippen LogP contribution in [0.2, 0.25) is 0 Å². The Hall–Kier alpha value is -0.130. The molecule has 2 atom stereocenters. The number of hydrogen-bond donors (Lipinski definition) is 2. The lowest BCUT2D eigenvalue weighted by Gasteiger charge is -2.14. The van der Waals surface area contributed by atoms with Gasteiger partial charge in [-0.15, -0.1) is 0 Å². The van der Waals surface area contributed by atoms with Gasteiger partial charge in [0.25, 0.3) is 0 Å². The molecule has 1 rings (SSSR count). The Morgan fingerprint density at radius 2 is 2.31 bits per heavy atom. The normalized spacial score (nSPS) is 28.9. The lowest BCUT2D eigenvalue weighted by atomic mass is 10.1. The van der Waals surface area contributed by atoms with Gasteiger partial charge in [0.2, 0.25) is 0 Å². The fraction of sp³-hybridized carbons (Fsp3) is 1.00. The minimum atomic E-state index is -2.74. The van der Waals surface area contributed by atoms with E-state index in [1.54, 1.807) is 0 Å². The zero-order valence-electron chi connectivity index (χ0n) is 7.99. The molecule has 0 aromatic rings. The number of hydrogen-bond acceptors (Lipinski definition) is 4. The van der Waals surface area contributed by atoms with Crippen molar-refractivity contribution < 1.29 is 8.42 Å². The van der Waals surface area contributed by atoms with Crippen molar-refractivity contribution >= 4 is 9.84 Å². The van der Waals surface area contributed by atoms with Gasteiger partial charge in [0, 0.05) is 6.04 Å². The second kappa shape index (κ2) is 4.39. The molecule has 4 nitrogen and oxygen atoms in total. The summed E-state index contributed by atoms with van der Waals surface area (Å²) in [6, 6.07) is 0.152. The molecule has 1 fully saturated rings. The van der Waals surface area contributed by atoms with Gasteiger partial charge in [0.15, 0.2) is 9.84 Å². The van der Waals surface area contributed by atoms with Crippen LogP contribution in [0.25, 0.3) is 0 Å². The van der Waals surface area contributed by atoms with Crippen molar-refractivity contribution in [2.24, 2.45) is 11.7 Å². The summed E-state index contributed by atoms with van der Waals surface area (Å²) in [5, 5.41) is 3.23. The molecule has 13 heavy (non-hydrogen) atoms. The fourth-order valence-electron chi connectivity index (χ4n) is 1.41. The molecule has 5 heteroatoms. The Labute approximate surface area is 79.8 Å². The van der Waals surface area contributed by atoms with Crippen LogP contribution in [0, 0.1) is 5.92 Å². The monoisotopic (exact) mass is 206 g/mol. The molecule has 3 N–H and O–H groups in total. The van der Waals surface area contributed by atoms with Crippen LogP contribution in [0.1, 0.15) is 13.3 Å². The summed E-state index contributed by atoms with van der Waals surface area (Å²) >= 11 is 0. The Kier molecular flexibility index (Phi) is 3.70. The van der Waals surface area contributed by atoms with Crippen molar-refractivity contribution in [2.75, 3.05) is 24.6 Å². The SMILES string of the molecule is CC(CN)CNC1CCS(=O)(=O)C1. The number of nitrogens with two attached hydrogens (primary N) is 1. The summed E-state index contributed by atoms with van der Waals surface area (Å²) in [6.45, 7) is 3.51. The minimum absolute atomic E-state index is 0.152. The molecule has 0 saturated carbocycles. The van der Waals surface area contributed by atoms with Crippen LogP contribution in [0.15, 0.2) is 0 Å². The van der Waals surface area contributed by atoms with Crippen molar-refractivity contribution in [3.63, 3.8) is 0 Å². The molecule has 1 heterocycles. The first-order valence-corrected chi connectivity index (χ1v) is 6.49. The molecule has 0 aromatic carbocycles. The van der Waals surface area contributed by atoms with E-state index in [9.17, 15) is 8.42 Å². The molecule has 1 aliphatic heterocycles. The van der Waals surface area contributed by atoms with Crippen LogP contribution >= 0.6 is 0 Å². The third-order valence-corrected chi connectivity index (χ3v) is 4.16. The van der Waals surface area contributed by atoms with E-state index in [1.165, 1.54) is 0 Å². The summed E-state index contributed by atoms with van der Waals surface area (Å²) in [5.41, 5.74) is 5.45. The van der Waals surface area contributed by atoms with E-state index in [1.807, 2.05) is 0 Å². The maximum Gasteiger partial charge on any atom is 0.151 e. The Balaban J connectivity index is 2.25. The molecule has 0 aliphatic carbocycles. The van der Waals surface area contributed by atoms with E-state index in [0.717, 1.165) is 13.0 Å². The van der Waals surface area contributed by atoms with Gasteiger partial charge in [-0.2, -0.15) is 0 Å². The third-order valence-electron chi connectivity index (χ3n) is 2.39. The maximum atomic E-state index is 11.1. The molecule has 0 radical (unpaired) electrons. The lowest BCUT2D eigenvalue weighted by Crippen LogP contribution is -2.35. The zero-order chi connectivity index (χ0) is 9.90. The highest BCUT2D eigenvalue weighted by Gasteiger charge is 2.27. The highest BCUT2D eigenvalue weighted by Crippen LogP contribution is 2.11. The fourth-order valence-corrected chi connectivity index (χ4v) is 3.12. The molecule has 0 bridgehead atoms. The maximum absolute atomic E-state index is 11.1. The third kappa shape index (κ3) is 3.62. The van der Waals surface area contributed by atoms with Crippen molar-refractivity contribution in [3.05, 3.63) is 0 Å². The van der Waals surface area contributed by atoms with Gasteiger partial charge in [-0.3, -0.25) is 0 Å². The van der Waals surface area contributed by atoms with Crippen molar-refractivity contribution in [1.29, 1.82) is 0 Å². The Bertz CT molecular complexity index is 251. The van der Waals surface area contributed by atoms with E-state index < -0.39 is 9.84 Å². The first kappa shape index (κ1) is 10.9. The molecule has 0 amide bonds. The van der Waals surface area contributed by atoms with Crippen LogP contribution in [0.5, 0.6) is 0 Å². The quantitative estimate of drug-likeness (QED) is 0.641. The molecule has 78 valence electrons. The second-order valence-corrected chi connectivity index (χ2v) is 6.08. The summed E-state index contributed by atoms with van der Waals surface area (Å²) in [4.78, 5) is 0. The standard InChI is InChI=1S/C8H18N2O2S/c1-7(4-9)5-10-8-2-3-13(11,12)6-8/h7-8,10H,2-6,9H2,1H3. The van der Waals surface area contributed by atoms with Crippen molar-refractivity contribution in [3.8, 4) is 0 Å². The molecular formula is C8H18N2O2S. The lowest BCUT2D eigenvalue weighted by molar-refractivity contribution is 0.471. The van der Waals surface area contributed by atoms with Crippen LogP contribution in [0.3, 0.4) is 0 Å². The first-order chi connectivity index (χ1) is 6.03. The molecule has 1 saturated heterocycles. The predicted octanol–water partition coefficient (Wildman–Crippen LogP) is -0.642. The highest BCUT2D eigenvalue weighted by molar-refractivity contribution is 7.91. The van der Waals surface area contributed by atoms with E-state index in [-0.39, 0.29) is 6.04 Å². The molecule has 1 aliphatic rings.